The maximum Gasteiger partial charge on any atom is 0.196 e. The summed E-state index contributed by atoms with van der Waals surface area (Å²) in [6.45, 7) is 6.43. The minimum Gasteiger partial charge on any atom is -0.493 e. The largest absolute Gasteiger partial charge is 0.493 e. The van der Waals surface area contributed by atoms with Gasteiger partial charge in [-0.25, -0.2) is 0 Å². The van der Waals surface area contributed by atoms with Gasteiger partial charge in [0.1, 0.15) is 5.75 Å². The molecule has 0 fully saturated rings. The Labute approximate surface area is 114 Å². The van der Waals surface area contributed by atoms with E-state index in [0.717, 1.165) is 11.1 Å². The van der Waals surface area contributed by atoms with Crippen LogP contribution in [0, 0.1) is 13.8 Å². The van der Waals surface area contributed by atoms with Crippen LogP contribution in [0.15, 0.2) is 42.5 Å². The van der Waals surface area contributed by atoms with E-state index in [9.17, 15) is 4.79 Å². The van der Waals surface area contributed by atoms with Gasteiger partial charge in [-0.3, -0.25) is 4.79 Å². The Morgan fingerprint density at radius 3 is 2.47 bits per heavy atom. The van der Waals surface area contributed by atoms with Crippen molar-refractivity contribution in [1.29, 1.82) is 0 Å². The van der Waals surface area contributed by atoms with Gasteiger partial charge < -0.3 is 4.74 Å². The van der Waals surface area contributed by atoms with Gasteiger partial charge in [-0.1, -0.05) is 35.4 Å². The summed E-state index contributed by atoms with van der Waals surface area (Å²) < 4.78 is 5.54. The van der Waals surface area contributed by atoms with Crippen molar-refractivity contribution in [2.75, 3.05) is 6.61 Å². The third-order valence-corrected chi connectivity index (χ3v) is 2.96. The van der Waals surface area contributed by atoms with Crippen molar-refractivity contribution in [1.82, 2.24) is 0 Å². The number of carbonyl (C=O) groups is 1. The maximum atomic E-state index is 12.6. The minimum absolute atomic E-state index is 0.0100. The van der Waals surface area contributed by atoms with Crippen molar-refractivity contribution in [2.24, 2.45) is 0 Å². The quantitative estimate of drug-likeness (QED) is 0.773. The summed E-state index contributed by atoms with van der Waals surface area (Å²) in [5.74, 6) is 0.662. The number of carbonyl (C=O) groups excluding carboxylic acids is 1. The molecule has 0 atom stereocenters. The van der Waals surface area contributed by atoms with Crippen molar-refractivity contribution in [3.63, 3.8) is 0 Å². The summed E-state index contributed by atoms with van der Waals surface area (Å²) in [4.78, 5) is 12.6. The van der Waals surface area contributed by atoms with Crippen molar-refractivity contribution >= 4 is 5.78 Å². The summed E-state index contributed by atoms with van der Waals surface area (Å²) in [5, 5.41) is 0. The van der Waals surface area contributed by atoms with Crippen molar-refractivity contribution in [3.8, 4) is 5.75 Å². The Balaban J connectivity index is 2.45. The second-order valence-corrected chi connectivity index (χ2v) is 4.63. The topological polar surface area (TPSA) is 26.3 Å². The summed E-state index contributed by atoms with van der Waals surface area (Å²) >= 11 is 0. The predicted molar refractivity (Wildman–Crippen MR) is 77.0 cm³/mol. The molecule has 98 valence electrons. The van der Waals surface area contributed by atoms with Crippen LogP contribution in [-0.2, 0) is 0 Å². The first-order valence-electron chi connectivity index (χ1n) is 6.46. The number of rotatable bonds is 4. The molecular weight excluding hydrogens is 236 g/mol. The fourth-order valence-corrected chi connectivity index (χ4v) is 2.04. The molecule has 0 saturated heterocycles. The number of ether oxygens (including phenoxy) is 1. The Hall–Kier alpha value is -2.09. The van der Waals surface area contributed by atoms with Crippen molar-refractivity contribution < 1.29 is 9.53 Å². The Bertz CT molecular complexity index is 600. The van der Waals surface area contributed by atoms with Gasteiger partial charge >= 0.3 is 0 Å². The van der Waals surface area contributed by atoms with E-state index in [4.69, 9.17) is 4.74 Å². The third-order valence-electron chi connectivity index (χ3n) is 2.96. The molecule has 0 aromatic heterocycles. The highest BCUT2D eigenvalue weighted by Gasteiger charge is 2.14. The van der Waals surface area contributed by atoms with Gasteiger partial charge in [-0.15, -0.1) is 0 Å². The van der Waals surface area contributed by atoms with E-state index < -0.39 is 0 Å². The Kier molecular flexibility index (Phi) is 4.00. The molecular formula is C17H18O2. The molecule has 0 spiro atoms. The first kappa shape index (κ1) is 13.3. The lowest BCUT2D eigenvalue weighted by Crippen LogP contribution is -2.06. The van der Waals surface area contributed by atoms with Crippen LogP contribution in [0.25, 0.3) is 0 Å². The lowest BCUT2D eigenvalue weighted by Gasteiger charge is -2.10. The highest BCUT2D eigenvalue weighted by molar-refractivity contribution is 6.10. The van der Waals surface area contributed by atoms with Crippen LogP contribution in [0.5, 0.6) is 5.75 Å². The van der Waals surface area contributed by atoms with Gasteiger partial charge in [0.25, 0.3) is 0 Å². The Morgan fingerprint density at radius 1 is 1.05 bits per heavy atom. The number of aryl methyl sites for hydroxylation is 2. The van der Waals surface area contributed by atoms with Gasteiger partial charge in [0.2, 0.25) is 0 Å². The SMILES string of the molecule is CCOc1ccc(C)cc1C(=O)c1cccc(C)c1. The number of hydrogen-bond acceptors (Lipinski definition) is 2. The zero-order valence-corrected chi connectivity index (χ0v) is 11.6. The van der Waals surface area contributed by atoms with Crippen LogP contribution in [-0.4, -0.2) is 12.4 Å². The van der Waals surface area contributed by atoms with Gasteiger partial charge in [-0.05, 0) is 39.0 Å². The van der Waals surface area contributed by atoms with Crippen molar-refractivity contribution in [2.45, 2.75) is 20.8 Å². The molecule has 2 nitrogen and oxygen atoms in total. The molecule has 2 heteroatoms. The summed E-state index contributed by atoms with van der Waals surface area (Å²) in [6.07, 6.45) is 0. The number of benzene rings is 2. The summed E-state index contributed by atoms with van der Waals surface area (Å²) in [5.41, 5.74) is 3.47. The number of ketones is 1. The molecule has 0 radical (unpaired) electrons. The minimum atomic E-state index is 0.0100. The van der Waals surface area contributed by atoms with E-state index in [2.05, 4.69) is 0 Å². The summed E-state index contributed by atoms with van der Waals surface area (Å²) in [7, 11) is 0. The first-order chi connectivity index (χ1) is 9.11. The van der Waals surface area contributed by atoms with Crippen LogP contribution in [0.4, 0.5) is 0 Å². The molecule has 2 rings (SSSR count). The zero-order valence-electron chi connectivity index (χ0n) is 11.6. The van der Waals surface area contributed by atoms with Crippen molar-refractivity contribution in [3.05, 3.63) is 64.7 Å². The lowest BCUT2D eigenvalue weighted by atomic mass is 9.99. The third kappa shape index (κ3) is 3.02. The normalized spacial score (nSPS) is 10.3. The first-order valence-corrected chi connectivity index (χ1v) is 6.46. The lowest BCUT2D eigenvalue weighted by molar-refractivity contribution is 0.103. The van der Waals surface area contributed by atoms with Crippen LogP contribution < -0.4 is 4.74 Å². The second kappa shape index (κ2) is 5.70. The van der Waals surface area contributed by atoms with E-state index in [1.165, 1.54) is 0 Å². The van der Waals surface area contributed by atoms with Crippen LogP contribution in [0.1, 0.15) is 34.0 Å². The highest BCUT2D eigenvalue weighted by atomic mass is 16.5. The van der Waals surface area contributed by atoms with E-state index in [-0.39, 0.29) is 5.78 Å². The van der Waals surface area contributed by atoms with Crippen LogP contribution in [0.3, 0.4) is 0 Å². The molecule has 0 saturated carbocycles. The van der Waals surface area contributed by atoms with E-state index in [1.807, 2.05) is 63.2 Å². The zero-order chi connectivity index (χ0) is 13.8. The van der Waals surface area contributed by atoms with Crippen LogP contribution >= 0.6 is 0 Å². The van der Waals surface area contributed by atoms with E-state index in [1.54, 1.807) is 0 Å². The summed E-state index contributed by atoms with van der Waals surface area (Å²) in [6, 6.07) is 13.3. The predicted octanol–water partition coefficient (Wildman–Crippen LogP) is 3.93. The molecule has 0 N–H and O–H groups in total. The molecule has 19 heavy (non-hydrogen) atoms. The molecule has 0 heterocycles. The van der Waals surface area contributed by atoms with Gasteiger partial charge in [-0.2, -0.15) is 0 Å². The van der Waals surface area contributed by atoms with Gasteiger partial charge in [0.05, 0.1) is 12.2 Å². The molecule has 0 aliphatic heterocycles. The molecule has 0 bridgehead atoms. The molecule has 0 aliphatic carbocycles. The fraction of sp³-hybridized carbons (Fsp3) is 0.235. The molecule has 0 unspecified atom stereocenters. The molecule has 0 amide bonds. The molecule has 0 aliphatic rings. The highest BCUT2D eigenvalue weighted by Crippen LogP contribution is 2.23. The molecule has 2 aromatic rings. The van der Waals surface area contributed by atoms with Gasteiger partial charge in [0, 0.05) is 5.56 Å². The smallest absolute Gasteiger partial charge is 0.196 e. The van der Waals surface area contributed by atoms with E-state index >= 15 is 0 Å². The maximum absolute atomic E-state index is 12.6. The Morgan fingerprint density at radius 2 is 1.79 bits per heavy atom. The number of hydrogen-bond donors (Lipinski definition) is 0. The molecule has 2 aromatic carbocycles. The van der Waals surface area contributed by atoms with Crippen LogP contribution in [0.2, 0.25) is 0 Å². The average molecular weight is 254 g/mol. The average Bonchev–Trinajstić information content (AvgIpc) is 2.40. The fourth-order valence-electron chi connectivity index (χ4n) is 2.04. The monoisotopic (exact) mass is 254 g/mol. The van der Waals surface area contributed by atoms with Gasteiger partial charge in [0.15, 0.2) is 5.78 Å². The second-order valence-electron chi connectivity index (χ2n) is 4.63. The standard InChI is InChI=1S/C17H18O2/c1-4-19-16-9-8-13(3)11-15(16)17(18)14-7-5-6-12(2)10-14/h5-11H,4H2,1-3H3. The van der Waals surface area contributed by atoms with E-state index in [0.29, 0.717) is 23.5 Å².